The predicted molar refractivity (Wildman–Crippen MR) is 99.2 cm³/mol. The second kappa shape index (κ2) is 9.09. The summed E-state index contributed by atoms with van der Waals surface area (Å²) in [6.45, 7) is 7.62. The fourth-order valence-electron chi connectivity index (χ4n) is 1.88. The van der Waals surface area contributed by atoms with Gasteiger partial charge < -0.3 is 14.8 Å². The van der Waals surface area contributed by atoms with Gasteiger partial charge >= 0.3 is 0 Å². The molecule has 132 valence electrons. The molecule has 1 heterocycles. The first kappa shape index (κ1) is 18.8. The summed E-state index contributed by atoms with van der Waals surface area (Å²) in [5.74, 6) is 7.46. The van der Waals surface area contributed by atoms with Crippen LogP contribution in [0.5, 0.6) is 16.7 Å². The van der Waals surface area contributed by atoms with Crippen molar-refractivity contribution >= 4 is 17.2 Å². The number of thiazole rings is 1. The van der Waals surface area contributed by atoms with Gasteiger partial charge in [-0.3, -0.25) is 4.79 Å². The molecule has 1 unspecified atom stereocenters. The van der Waals surface area contributed by atoms with Gasteiger partial charge in [0.2, 0.25) is 5.91 Å². The van der Waals surface area contributed by atoms with Crippen LogP contribution in [0, 0.1) is 11.8 Å². The first-order chi connectivity index (χ1) is 12.0. The van der Waals surface area contributed by atoms with Crippen molar-refractivity contribution in [3.05, 3.63) is 35.3 Å². The fraction of sp³-hybridized carbons (Fsp3) is 0.368. The van der Waals surface area contributed by atoms with Crippen LogP contribution in [-0.2, 0) is 4.79 Å². The highest BCUT2D eigenvalue weighted by molar-refractivity contribution is 7.13. The third kappa shape index (κ3) is 6.48. The first-order valence-electron chi connectivity index (χ1n) is 8.17. The van der Waals surface area contributed by atoms with Crippen molar-refractivity contribution in [1.29, 1.82) is 0 Å². The molecule has 1 amide bonds. The number of aromatic nitrogens is 1. The van der Waals surface area contributed by atoms with Gasteiger partial charge in [0.1, 0.15) is 16.4 Å². The van der Waals surface area contributed by atoms with Gasteiger partial charge in [-0.05, 0) is 45.0 Å². The van der Waals surface area contributed by atoms with E-state index in [0.29, 0.717) is 17.4 Å². The summed E-state index contributed by atoms with van der Waals surface area (Å²) in [6.07, 6.45) is 2.25. The third-order valence-electron chi connectivity index (χ3n) is 3.00. The van der Waals surface area contributed by atoms with E-state index in [0.717, 1.165) is 10.6 Å². The molecule has 6 heteroatoms. The fourth-order valence-corrected chi connectivity index (χ4v) is 2.53. The van der Waals surface area contributed by atoms with Crippen LogP contribution in [0.3, 0.4) is 0 Å². The molecule has 0 aliphatic carbocycles. The lowest BCUT2D eigenvalue weighted by Crippen LogP contribution is -2.30. The summed E-state index contributed by atoms with van der Waals surface area (Å²) in [6, 6.07) is 7.20. The SMILES string of the molecule is CCC(=O)NC(C)C#Cc1cnc(Oc2ccc(OC(C)C)cc2)s1. The highest BCUT2D eigenvalue weighted by Crippen LogP contribution is 2.27. The topological polar surface area (TPSA) is 60.5 Å². The summed E-state index contributed by atoms with van der Waals surface area (Å²) < 4.78 is 11.3. The molecule has 0 saturated carbocycles. The zero-order valence-corrected chi connectivity index (χ0v) is 15.6. The van der Waals surface area contributed by atoms with Crippen molar-refractivity contribution in [2.24, 2.45) is 0 Å². The standard InChI is InChI=1S/C19H22N2O3S/c1-5-18(22)21-14(4)6-11-17-12-20-19(25-17)24-16-9-7-15(8-10-16)23-13(2)3/h7-10,12-14H,5H2,1-4H3,(H,21,22). The maximum absolute atomic E-state index is 11.3. The van der Waals surface area contributed by atoms with E-state index in [4.69, 9.17) is 9.47 Å². The molecule has 0 aliphatic heterocycles. The van der Waals surface area contributed by atoms with Gasteiger partial charge in [0.05, 0.1) is 18.3 Å². The number of ether oxygens (including phenoxy) is 2. The Morgan fingerprint density at radius 1 is 1.24 bits per heavy atom. The Hall–Kier alpha value is -2.52. The van der Waals surface area contributed by atoms with Gasteiger partial charge in [0.25, 0.3) is 5.19 Å². The highest BCUT2D eigenvalue weighted by atomic mass is 32.1. The van der Waals surface area contributed by atoms with Gasteiger partial charge in [-0.25, -0.2) is 4.98 Å². The molecule has 0 saturated heterocycles. The minimum Gasteiger partial charge on any atom is -0.491 e. The maximum atomic E-state index is 11.3. The zero-order valence-electron chi connectivity index (χ0n) is 14.8. The van der Waals surface area contributed by atoms with Crippen molar-refractivity contribution in [1.82, 2.24) is 10.3 Å². The Bertz CT molecular complexity index is 757. The van der Waals surface area contributed by atoms with Gasteiger partial charge in [-0.2, -0.15) is 0 Å². The average molecular weight is 358 g/mol. The van der Waals surface area contributed by atoms with E-state index in [1.807, 2.05) is 52.0 Å². The van der Waals surface area contributed by atoms with Crippen LogP contribution in [-0.4, -0.2) is 23.0 Å². The molecule has 5 nitrogen and oxygen atoms in total. The summed E-state index contributed by atoms with van der Waals surface area (Å²) in [7, 11) is 0. The summed E-state index contributed by atoms with van der Waals surface area (Å²) in [5, 5.41) is 3.31. The Balaban J connectivity index is 1.94. The van der Waals surface area contributed by atoms with E-state index in [2.05, 4.69) is 22.1 Å². The van der Waals surface area contributed by atoms with Crippen LogP contribution >= 0.6 is 11.3 Å². The number of carbonyl (C=O) groups is 1. The lowest BCUT2D eigenvalue weighted by atomic mass is 10.3. The van der Waals surface area contributed by atoms with Crippen molar-refractivity contribution in [2.45, 2.75) is 46.3 Å². The molecular weight excluding hydrogens is 336 g/mol. The molecule has 1 N–H and O–H groups in total. The minimum atomic E-state index is -0.201. The van der Waals surface area contributed by atoms with Gasteiger partial charge in [-0.15, -0.1) is 0 Å². The van der Waals surface area contributed by atoms with E-state index in [1.54, 1.807) is 6.20 Å². The molecule has 1 aromatic carbocycles. The van der Waals surface area contributed by atoms with E-state index in [1.165, 1.54) is 11.3 Å². The normalized spacial score (nSPS) is 11.4. The Morgan fingerprint density at radius 2 is 1.92 bits per heavy atom. The number of nitrogens with zero attached hydrogens (tertiary/aromatic N) is 1. The van der Waals surface area contributed by atoms with Gasteiger partial charge in [0, 0.05) is 6.42 Å². The van der Waals surface area contributed by atoms with Gasteiger partial charge in [-0.1, -0.05) is 30.1 Å². The summed E-state index contributed by atoms with van der Waals surface area (Å²) in [4.78, 5) is 16.3. The molecule has 25 heavy (non-hydrogen) atoms. The molecule has 1 atom stereocenters. The molecule has 0 radical (unpaired) electrons. The van der Waals surface area contributed by atoms with E-state index >= 15 is 0 Å². The largest absolute Gasteiger partial charge is 0.491 e. The first-order valence-corrected chi connectivity index (χ1v) is 8.99. The van der Waals surface area contributed by atoms with E-state index < -0.39 is 0 Å². The molecule has 2 aromatic rings. The number of hydrogen-bond donors (Lipinski definition) is 1. The van der Waals surface area contributed by atoms with Gasteiger partial charge in [0.15, 0.2) is 0 Å². The van der Waals surface area contributed by atoms with Crippen LogP contribution in [0.25, 0.3) is 0 Å². The van der Waals surface area contributed by atoms with Crippen LogP contribution in [0.1, 0.15) is 39.0 Å². The summed E-state index contributed by atoms with van der Waals surface area (Å²) >= 11 is 1.36. The van der Waals surface area contributed by atoms with Crippen molar-refractivity contribution in [3.63, 3.8) is 0 Å². The summed E-state index contributed by atoms with van der Waals surface area (Å²) in [5.41, 5.74) is 0. The average Bonchev–Trinajstić information content (AvgIpc) is 3.01. The Morgan fingerprint density at radius 3 is 2.56 bits per heavy atom. The number of benzene rings is 1. The lowest BCUT2D eigenvalue weighted by molar-refractivity contribution is -0.121. The van der Waals surface area contributed by atoms with Crippen molar-refractivity contribution < 1.29 is 14.3 Å². The third-order valence-corrected chi connectivity index (χ3v) is 3.79. The number of nitrogens with one attached hydrogen (secondary N) is 1. The lowest BCUT2D eigenvalue weighted by Gasteiger charge is -2.09. The van der Waals surface area contributed by atoms with Crippen molar-refractivity contribution in [3.8, 4) is 28.5 Å². The molecule has 0 fully saturated rings. The van der Waals surface area contributed by atoms with Crippen LogP contribution in [0.2, 0.25) is 0 Å². The maximum Gasteiger partial charge on any atom is 0.279 e. The molecule has 0 aliphatic rings. The number of amides is 1. The molecule has 0 spiro atoms. The molecule has 2 rings (SSSR count). The highest BCUT2D eigenvalue weighted by Gasteiger charge is 2.05. The number of hydrogen-bond acceptors (Lipinski definition) is 5. The molecular formula is C19H22N2O3S. The zero-order chi connectivity index (χ0) is 18.2. The van der Waals surface area contributed by atoms with E-state index in [9.17, 15) is 4.79 Å². The smallest absolute Gasteiger partial charge is 0.279 e. The predicted octanol–water partition coefficient (Wildman–Crippen LogP) is 3.99. The Kier molecular flexibility index (Phi) is 6.84. The van der Waals surface area contributed by atoms with Crippen molar-refractivity contribution in [2.75, 3.05) is 0 Å². The minimum absolute atomic E-state index is 0.0139. The van der Waals surface area contributed by atoms with Crippen LogP contribution < -0.4 is 14.8 Å². The monoisotopic (exact) mass is 358 g/mol. The number of carbonyl (C=O) groups excluding carboxylic acids is 1. The molecule has 0 bridgehead atoms. The van der Waals surface area contributed by atoms with Crippen LogP contribution in [0.4, 0.5) is 0 Å². The Labute approximate surface area is 152 Å². The number of rotatable bonds is 6. The molecule has 1 aromatic heterocycles. The second-order valence-electron chi connectivity index (χ2n) is 5.64. The van der Waals surface area contributed by atoms with Crippen LogP contribution in [0.15, 0.2) is 30.5 Å². The quantitative estimate of drug-likeness (QED) is 0.793. The second-order valence-corrected chi connectivity index (χ2v) is 6.64. The van der Waals surface area contributed by atoms with E-state index in [-0.39, 0.29) is 18.1 Å².